The van der Waals surface area contributed by atoms with Crippen LogP contribution < -0.4 is 0 Å². The SMILES string of the molecule is CC/C=C\C/C=C\C/C=C\CCCCCCCC(=O)OC(COC(=O)CCCCCCC/C=C\C/C=C\CCCCCC)COC(=O)CCCCCCCCCCCCC. The lowest BCUT2D eigenvalue weighted by atomic mass is 10.1. The Kier molecular flexibility index (Phi) is 46.4. The Morgan fingerprint density at radius 3 is 1.03 bits per heavy atom. The maximum atomic E-state index is 12.8. The Morgan fingerprint density at radius 2 is 0.650 bits per heavy atom. The Labute approximate surface area is 370 Å². The molecule has 1 unspecified atom stereocenters. The summed E-state index contributed by atoms with van der Waals surface area (Å²) in [6.45, 7) is 6.48. The van der Waals surface area contributed by atoms with Crippen molar-refractivity contribution in [1.29, 1.82) is 0 Å². The minimum atomic E-state index is -0.786. The highest BCUT2D eigenvalue weighted by Crippen LogP contribution is 2.14. The number of rotatable bonds is 45. The quantitative estimate of drug-likeness (QED) is 0.0263. The fourth-order valence-corrected chi connectivity index (χ4v) is 6.96. The molecule has 1 atom stereocenters. The van der Waals surface area contributed by atoms with Crippen molar-refractivity contribution in [3.8, 4) is 0 Å². The molecule has 0 bridgehead atoms. The second-order valence-corrected chi connectivity index (χ2v) is 16.7. The summed E-state index contributed by atoms with van der Waals surface area (Å²) in [5, 5.41) is 0. The number of ether oxygens (including phenoxy) is 3. The van der Waals surface area contributed by atoms with E-state index in [9.17, 15) is 14.4 Å². The second kappa shape index (κ2) is 48.8. The standard InChI is InChI=1S/C54H94O6/c1-4-7-10-13-16-19-22-24-26-28-29-32-35-38-41-44-47-53(56)59-50-51(49-58-52(55)46-43-40-37-34-31-21-18-15-12-9-6-3)60-54(57)48-45-42-39-36-33-30-27-25-23-20-17-14-11-8-5-2/h8,11,17,19-20,22,25-28,51H,4-7,9-10,12-16,18,21,23-24,29-50H2,1-3H3/b11-8-,20-17-,22-19-,27-25-,28-26-. The van der Waals surface area contributed by atoms with E-state index in [1.807, 2.05) is 0 Å². The number of hydrogen-bond acceptors (Lipinski definition) is 6. The van der Waals surface area contributed by atoms with E-state index in [0.717, 1.165) is 116 Å². The van der Waals surface area contributed by atoms with Gasteiger partial charge in [-0.1, -0.05) is 204 Å². The number of unbranched alkanes of at least 4 members (excludes halogenated alkanes) is 24. The van der Waals surface area contributed by atoms with Crippen molar-refractivity contribution in [1.82, 2.24) is 0 Å². The molecule has 346 valence electrons. The Morgan fingerprint density at radius 1 is 0.350 bits per heavy atom. The van der Waals surface area contributed by atoms with Crippen LogP contribution in [0.25, 0.3) is 0 Å². The lowest BCUT2D eigenvalue weighted by molar-refractivity contribution is -0.167. The average Bonchev–Trinajstić information content (AvgIpc) is 3.24. The fourth-order valence-electron chi connectivity index (χ4n) is 6.96. The Hall–Kier alpha value is -2.89. The van der Waals surface area contributed by atoms with Crippen molar-refractivity contribution in [2.45, 2.75) is 252 Å². The monoisotopic (exact) mass is 839 g/mol. The van der Waals surface area contributed by atoms with Crippen molar-refractivity contribution in [2.75, 3.05) is 13.2 Å². The van der Waals surface area contributed by atoms with E-state index in [1.54, 1.807) is 0 Å². The predicted octanol–water partition coefficient (Wildman–Crippen LogP) is 16.5. The number of allylic oxidation sites excluding steroid dienone is 10. The fraction of sp³-hybridized carbons (Fsp3) is 0.759. The maximum Gasteiger partial charge on any atom is 0.306 e. The highest BCUT2D eigenvalue weighted by atomic mass is 16.6. The summed E-state index contributed by atoms with van der Waals surface area (Å²) in [6.07, 6.45) is 59.1. The molecule has 0 radical (unpaired) electrons. The van der Waals surface area contributed by atoms with Crippen LogP contribution in [0.1, 0.15) is 245 Å². The van der Waals surface area contributed by atoms with E-state index in [2.05, 4.69) is 81.5 Å². The van der Waals surface area contributed by atoms with Crippen molar-refractivity contribution >= 4 is 17.9 Å². The highest BCUT2D eigenvalue weighted by molar-refractivity contribution is 5.71. The zero-order valence-electron chi connectivity index (χ0n) is 39.5. The smallest absolute Gasteiger partial charge is 0.306 e. The van der Waals surface area contributed by atoms with E-state index >= 15 is 0 Å². The first-order valence-electron chi connectivity index (χ1n) is 25.3. The second-order valence-electron chi connectivity index (χ2n) is 16.7. The third kappa shape index (κ3) is 46.2. The van der Waals surface area contributed by atoms with Crippen LogP contribution in [0.2, 0.25) is 0 Å². The summed E-state index contributed by atoms with van der Waals surface area (Å²) in [5.74, 6) is -0.913. The molecule has 0 saturated carbocycles. The van der Waals surface area contributed by atoms with Crippen LogP contribution in [0, 0.1) is 0 Å². The first kappa shape index (κ1) is 57.1. The van der Waals surface area contributed by atoms with Crippen molar-refractivity contribution in [3.05, 3.63) is 60.8 Å². The maximum absolute atomic E-state index is 12.8. The van der Waals surface area contributed by atoms with Gasteiger partial charge in [0.05, 0.1) is 0 Å². The minimum Gasteiger partial charge on any atom is -0.462 e. The van der Waals surface area contributed by atoms with E-state index in [4.69, 9.17) is 14.2 Å². The predicted molar refractivity (Wildman–Crippen MR) is 256 cm³/mol. The number of esters is 3. The van der Waals surface area contributed by atoms with Gasteiger partial charge in [0.1, 0.15) is 13.2 Å². The van der Waals surface area contributed by atoms with Gasteiger partial charge in [-0.15, -0.1) is 0 Å². The van der Waals surface area contributed by atoms with Crippen LogP contribution in [0.5, 0.6) is 0 Å². The van der Waals surface area contributed by atoms with Crippen LogP contribution in [-0.2, 0) is 28.6 Å². The van der Waals surface area contributed by atoms with Crippen LogP contribution in [-0.4, -0.2) is 37.2 Å². The van der Waals surface area contributed by atoms with Crippen LogP contribution in [0.3, 0.4) is 0 Å². The van der Waals surface area contributed by atoms with E-state index < -0.39 is 6.10 Å². The first-order chi connectivity index (χ1) is 29.5. The molecule has 6 nitrogen and oxygen atoms in total. The van der Waals surface area contributed by atoms with E-state index in [1.165, 1.54) is 89.9 Å². The van der Waals surface area contributed by atoms with Gasteiger partial charge in [0.2, 0.25) is 0 Å². The molecule has 0 rings (SSSR count). The largest absolute Gasteiger partial charge is 0.462 e. The molecule has 60 heavy (non-hydrogen) atoms. The normalized spacial score (nSPS) is 12.5. The Bertz CT molecular complexity index is 1100. The molecule has 0 spiro atoms. The molecule has 0 N–H and O–H groups in total. The molecule has 0 aromatic heterocycles. The van der Waals surface area contributed by atoms with Crippen LogP contribution in [0.4, 0.5) is 0 Å². The first-order valence-corrected chi connectivity index (χ1v) is 25.3. The number of carbonyl (C=O) groups is 3. The summed E-state index contributed by atoms with van der Waals surface area (Å²) in [6, 6.07) is 0. The van der Waals surface area contributed by atoms with Gasteiger partial charge in [-0.05, 0) is 83.5 Å². The van der Waals surface area contributed by atoms with Crippen molar-refractivity contribution in [3.63, 3.8) is 0 Å². The Balaban J connectivity index is 4.41. The molecule has 0 heterocycles. The third-order valence-electron chi connectivity index (χ3n) is 10.8. The lowest BCUT2D eigenvalue weighted by Crippen LogP contribution is -2.30. The molecule has 0 amide bonds. The van der Waals surface area contributed by atoms with Gasteiger partial charge in [0.15, 0.2) is 6.10 Å². The molecule has 0 aliphatic rings. The topological polar surface area (TPSA) is 78.9 Å². The zero-order valence-corrected chi connectivity index (χ0v) is 39.5. The van der Waals surface area contributed by atoms with Gasteiger partial charge in [0.25, 0.3) is 0 Å². The summed E-state index contributed by atoms with van der Waals surface area (Å²) in [7, 11) is 0. The van der Waals surface area contributed by atoms with Crippen LogP contribution >= 0.6 is 0 Å². The molecular formula is C54H94O6. The number of carbonyl (C=O) groups excluding carboxylic acids is 3. The van der Waals surface area contributed by atoms with Crippen molar-refractivity contribution < 1.29 is 28.6 Å². The molecule has 0 aromatic rings. The minimum absolute atomic E-state index is 0.0844. The summed E-state index contributed by atoms with van der Waals surface area (Å²) >= 11 is 0. The van der Waals surface area contributed by atoms with E-state index in [0.29, 0.717) is 19.3 Å². The van der Waals surface area contributed by atoms with Crippen LogP contribution in [0.15, 0.2) is 60.8 Å². The molecular weight excluding hydrogens is 745 g/mol. The summed E-state index contributed by atoms with van der Waals surface area (Å²) in [4.78, 5) is 37.9. The lowest BCUT2D eigenvalue weighted by Gasteiger charge is -2.18. The highest BCUT2D eigenvalue weighted by Gasteiger charge is 2.19. The zero-order chi connectivity index (χ0) is 43.7. The number of hydrogen-bond donors (Lipinski definition) is 0. The van der Waals surface area contributed by atoms with Gasteiger partial charge in [-0.25, -0.2) is 0 Å². The van der Waals surface area contributed by atoms with E-state index in [-0.39, 0.29) is 31.1 Å². The summed E-state index contributed by atoms with van der Waals surface area (Å²) < 4.78 is 16.8. The average molecular weight is 839 g/mol. The third-order valence-corrected chi connectivity index (χ3v) is 10.8. The molecule has 0 aromatic carbocycles. The van der Waals surface area contributed by atoms with Crippen molar-refractivity contribution in [2.24, 2.45) is 0 Å². The molecule has 0 aliphatic heterocycles. The van der Waals surface area contributed by atoms with Gasteiger partial charge in [-0.2, -0.15) is 0 Å². The molecule has 0 saturated heterocycles. The van der Waals surface area contributed by atoms with Gasteiger partial charge >= 0.3 is 17.9 Å². The molecule has 0 fully saturated rings. The van der Waals surface area contributed by atoms with Gasteiger partial charge in [-0.3, -0.25) is 14.4 Å². The molecule has 6 heteroatoms. The van der Waals surface area contributed by atoms with Gasteiger partial charge < -0.3 is 14.2 Å². The molecule has 0 aliphatic carbocycles. The van der Waals surface area contributed by atoms with Gasteiger partial charge in [0, 0.05) is 19.3 Å². The summed E-state index contributed by atoms with van der Waals surface area (Å²) in [5.41, 5.74) is 0.